The quantitative estimate of drug-likeness (QED) is 0.115. The Morgan fingerprint density at radius 1 is 0.942 bits per heavy atom. The van der Waals surface area contributed by atoms with Gasteiger partial charge in [0.15, 0.2) is 11.5 Å². The van der Waals surface area contributed by atoms with Crippen molar-refractivity contribution in [1.29, 1.82) is 0 Å². The molecule has 394 valence electrons. The highest BCUT2D eigenvalue weighted by Gasteiger charge is 2.78. The minimum atomic E-state index is -2.37. The molecule has 0 aromatic carbocycles. The molecule has 3 fully saturated rings. The van der Waals surface area contributed by atoms with E-state index >= 15 is 8.78 Å². The van der Waals surface area contributed by atoms with Crippen LogP contribution < -0.4 is 0 Å². The first-order valence-electron chi connectivity index (χ1n) is 25.4. The van der Waals surface area contributed by atoms with Gasteiger partial charge in [-0.05, 0) is 116 Å². The van der Waals surface area contributed by atoms with E-state index in [4.69, 9.17) is 14.2 Å². The Labute approximate surface area is 408 Å². The number of carbonyl (C=O) groups is 4. The number of alkyl halides is 1. The predicted molar refractivity (Wildman–Crippen MR) is 252 cm³/mol. The minimum Gasteiger partial charge on any atom is -0.466 e. The molecule has 0 aromatic heterocycles. The van der Waals surface area contributed by atoms with E-state index in [1.807, 2.05) is 18.7 Å². The molecule has 4 aliphatic carbocycles. The van der Waals surface area contributed by atoms with Crippen molar-refractivity contribution >= 4 is 23.7 Å². The minimum absolute atomic E-state index is 0.0275. The maximum atomic E-state index is 17.9. The third-order valence-corrected chi connectivity index (χ3v) is 17.8. The molecule has 0 amide bonds. The second-order valence-electron chi connectivity index (χ2n) is 22.7. The lowest BCUT2D eigenvalue weighted by atomic mass is 9.45. The largest absolute Gasteiger partial charge is 0.466 e. The maximum Gasteiger partial charge on any atom is 0.351 e. The smallest absolute Gasteiger partial charge is 0.351 e. The Morgan fingerprint density at radius 3 is 2.20 bits per heavy atom. The first kappa shape index (κ1) is 57.0. The van der Waals surface area contributed by atoms with Crippen LogP contribution in [0.5, 0.6) is 0 Å². The summed E-state index contributed by atoms with van der Waals surface area (Å²) in [5.74, 6) is -8.12. The monoisotopic (exact) mass is 983 g/mol. The summed E-state index contributed by atoms with van der Waals surface area (Å²) in [6.45, 7) is 20.2. The zero-order valence-electron chi connectivity index (χ0n) is 43.2. The van der Waals surface area contributed by atoms with Crippen LogP contribution in [0.1, 0.15) is 134 Å². The zero-order chi connectivity index (χ0) is 52.0. The molecule has 0 radical (unpaired) electrons. The van der Waals surface area contributed by atoms with Crippen molar-refractivity contribution in [2.75, 3.05) is 39.8 Å². The van der Waals surface area contributed by atoms with E-state index in [0.29, 0.717) is 32.6 Å². The van der Waals surface area contributed by atoms with E-state index in [9.17, 15) is 49.8 Å². The summed E-state index contributed by atoms with van der Waals surface area (Å²) in [7, 11) is 1.18. The highest BCUT2D eigenvalue weighted by Crippen LogP contribution is 2.72. The van der Waals surface area contributed by atoms with Gasteiger partial charge in [0, 0.05) is 60.6 Å². The van der Waals surface area contributed by atoms with E-state index in [1.54, 1.807) is 34.6 Å². The number of aliphatic hydroxyl groups excluding tert-OH is 4. The van der Waals surface area contributed by atoms with Gasteiger partial charge in [-0.2, -0.15) is 0 Å². The highest BCUT2D eigenvalue weighted by molar-refractivity contribution is 5.94. The van der Waals surface area contributed by atoms with Gasteiger partial charge in [0.2, 0.25) is 5.60 Å². The molecule has 1 saturated heterocycles. The van der Waals surface area contributed by atoms with E-state index in [0.717, 1.165) is 6.42 Å². The van der Waals surface area contributed by atoms with Gasteiger partial charge in [0.05, 0.1) is 43.4 Å². The molecule has 5 rings (SSSR count). The molecular formula is C52H84F2N2O13. The topological polar surface area (TPSA) is 224 Å². The fraction of sp³-hybridized carbons (Fsp3) is 0.846. The van der Waals surface area contributed by atoms with Crippen LogP contribution in [0.15, 0.2) is 23.6 Å². The Morgan fingerprint density at radius 2 is 1.59 bits per heavy atom. The molecule has 15 nitrogen and oxygen atoms in total. The maximum absolute atomic E-state index is 17.9. The number of rotatable bonds is 12. The van der Waals surface area contributed by atoms with Crippen LogP contribution in [-0.2, 0) is 33.4 Å². The average molecular weight is 983 g/mol. The van der Waals surface area contributed by atoms with Crippen LogP contribution in [0.2, 0.25) is 0 Å². The lowest BCUT2D eigenvalue weighted by molar-refractivity contribution is -0.234. The van der Waals surface area contributed by atoms with Gasteiger partial charge >= 0.3 is 17.9 Å². The summed E-state index contributed by atoms with van der Waals surface area (Å²) in [6.07, 6.45) is -3.82. The molecule has 2 unspecified atom stereocenters. The van der Waals surface area contributed by atoms with Crippen molar-refractivity contribution in [2.24, 2.45) is 46.3 Å². The van der Waals surface area contributed by atoms with Crippen molar-refractivity contribution < 1.29 is 72.8 Å². The fourth-order valence-electron chi connectivity index (χ4n) is 13.8. The summed E-state index contributed by atoms with van der Waals surface area (Å²) in [6, 6.07) is -0.699. The van der Waals surface area contributed by atoms with Crippen molar-refractivity contribution in [3.05, 3.63) is 23.6 Å². The third kappa shape index (κ3) is 10.1. The Kier molecular flexibility index (Phi) is 17.6. The van der Waals surface area contributed by atoms with E-state index < -0.39 is 123 Å². The zero-order valence-corrected chi connectivity index (χ0v) is 43.2. The first-order chi connectivity index (χ1) is 32.0. The summed E-state index contributed by atoms with van der Waals surface area (Å²) >= 11 is 0. The molecule has 0 aromatic rings. The van der Waals surface area contributed by atoms with Crippen LogP contribution >= 0.6 is 0 Å². The van der Waals surface area contributed by atoms with Crippen LogP contribution in [0.3, 0.4) is 0 Å². The van der Waals surface area contributed by atoms with E-state index in [1.165, 1.54) is 47.0 Å². The van der Waals surface area contributed by atoms with Gasteiger partial charge in [0.25, 0.3) is 0 Å². The second-order valence-corrected chi connectivity index (χ2v) is 22.7. The number of esters is 3. The summed E-state index contributed by atoms with van der Waals surface area (Å²) in [5.41, 5.74) is -10.8. The Hall–Kier alpha value is -2.90. The third-order valence-electron chi connectivity index (χ3n) is 17.8. The molecule has 2 saturated carbocycles. The molecule has 69 heavy (non-hydrogen) atoms. The number of hydrogen-bond donors (Lipinski definition) is 6. The van der Waals surface area contributed by atoms with Crippen LogP contribution in [0.4, 0.5) is 8.78 Å². The highest BCUT2D eigenvalue weighted by atomic mass is 19.1. The number of hydrogen-bond acceptors (Lipinski definition) is 15. The molecular weight excluding hydrogens is 899 g/mol. The second kappa shape index (κ2) is 21.3. The van der Waals surface area contributed by atoms with Gasteiger partial charge in [-0.25, -0.2) is 13.6 Å². The lowest BCUT2D eigenvalue weighted by Crippen LogP contribution is -2.70. The number of allylic oxidation sites excluding steroid dienone is 4. The van der Waals surface area contributed by atoms with Crippen LogP contribution in [0, 0.1) is 46.3 Å². The van der Waals surface area contributed by atoms with E-state index in [2.05, 4.69) is 4.90 Å². The number of fused-ring (bicyclic) bond motifs is 5. The number of halogens is 2. The normalized spacial score (nSPS) is 44.7. The Bertz CT molecular complexity index is 1950. The number of ether oxygens (including phenoxy) is 3. The molecule has 18 atom stereocenters. The van der Waals surface area contributed by atoms with Crippen LogP contribution in [0.25, 0.3) is 0 Å². The average Bonchev–Trinajstić information content (AvgIpc) is 3.50. The van der Waals surface area contributed by atoms with Gasteiger partial charge in [-0.1, -0.05) is 47.6 Å². The molecule has 17 heteroatoms. The number of aliphatic hydroxyl groups is 6. The van der Waals surface area contributed by atoms with Gasteiger partial charge in [-0.15, -0.1) is 0 Å². The SMILES string of the molecule is CCCN(CCCN1C[C@H](C)C[C@@](C)(O)[C@H](O)[C@@H](C)[C@H](O)[C@@H](C)C(=O)O[C@H](CC)[C@@](C)(O)[C@H](O)[C@H]1C)CCC(=O)O[C@]1(C(=O)OC)[C@H](C)CC2C3CC(F)=C4CC(=O)C=C[C@]4(C)[C@@]3(F)[C@@H](O)C[C@@]21C. The number of nitrogens with zero attached hydrogens (tertiary/aromatic N) is 2. The Balaban J connectivity index is 1.34. The fourth-order valence-corrected chi connectivity index (χ4v) is 13.8. The molecule has 0 bridgehead atoms. The predicted octanol–water partition coefficient (Wildman–Crippen LogP) is 4.76. The lowest BCUT2D eigenvalue weighted by Gasteiger charge is -2.62. The summed E-state index contributed by atoms with van der Waals surface area (Å²) in [4.78, 5) is 58.0. The molecule has 1 aliphatic heterocycles. The standard InChI is InChI=1S/C52H84F2N2O13/c1-13-19-55(20-15-21-56-28-29(3)26-49(10,65)43(61)31(5)42(60)32(6)45(63)68-40(14-2)50(11,66)44(62)33(56)7)22-17-41(59)69-52(46(64)67-12)30(4)23-35-36-25-38(53)37-24-34(57)16-18-47(37,8)51(36,54)39(58)27-48(35,52)9/h16,18,29-33,35-36,39-40,42-44,58,60-62,65-66H,13-15,17,19-28H2,1-12H3/t29-,30-,31+,32-,33-,35?,36?,39+,40-,42+,43-,44-,47+,48+,49-,50-,51+,52+/m1/s1. The van der Waals surface area contributed by atoms with Crippen molar-refractivity contribution in [3.63, 3.8) is 0 Å². The van der Waals surface area contributed by atoms with Crippen molar-refractivity contribution in [1.82, 2.24) is 9.80 Å². The molecule has 1 heterocycles. The number of cyclic esters (lactones) is 1. The van der Waals surface area contributed by atoms with Gasteiger partial charge < -0.3 is 49.7 Å². The van der Waals surface area contributed by atoms with Crippen molar-refractivity contribution in [3.8, 4) is 0 Å². The number of ketones is 1. The van der Waals surface area contributed by atoms with Gasteiger partial charge in [0.1, 0.15) is 23.6 Å². The molecule has 5 aliphatic rings. The van der Waals surface area contributed by atoms with Crippen LogP contribution in [-0.4, -0.2) is 163 Å². The van der Waals surface area contributed by atoms with E-state index in [-0.39, 0.29) is 68.8 Å². The first-order valence-corrected chi connectivity index (χ1v) is 25.4. The van der Waals surface area contributed by atoms with Crippen molar-refractivity contribution in [2.45, 2.75) is 193 Å². The number of methoxy groups -OCH3 is 1. The van der Waals surface area contributed by atoms with Gasteiger partial charge in [-0.3, -0.25) is 19.3 Å². The number of carbonyl (C=O) groups excluding carboxylic acids is 4. The summed E-state index contributed by atoms with van der Waals surface area (Å²) in [5, 5.41) is 69.6. The summed E-state index contributed by atoms with van der Waals surface area (Å²) < 4.78 is 51.4. The molecule has 6 N–H and O–H groups in total. The molecule has 0 spiro atoms.